The van der Waals surface area contributed by atoms with Gasteiger partial charge in [0.1, 0.15) is 28.7 Å². The van der Waals surface area contributed by atoms with Crippen LogP contribution in [0.5, 0.6) is 5.75 Å². The maximum absolute atomic E-state index is 14.2. The molecule has 0 fully saturated rings. The van der Waals surface area contributed by atoms with Crippen molar-refractivity contribution < 1.29 is 14.2 Å². The molecule has 28 heavy (non-hydrogen) atoms. The second-order valence-corrected chi connectivity index (χ2v) is 7.37. The van der Waals surface area contributed by atoms with Crippen molar-refractivity contribution in [2.24, 2.45) is 5.73 Å². The number of aliphatic hydroxyl groups is 1. The van der Waals surface area contributed by atoms with Crippen LogP contribution in [-0.4, -0.2) is 31.9 Å². The number of halogens is 1. The summed E-state index contributed by atoms with van der Waals surface area (Å²) in [4.78, 5) is 4.50. The third kappa shape index (κ3) is 3.05. The molecule has 1 aromatic carbocycles. The van der Waals surface area contributed by atoms with Gasteiger partial charge in [0.25, 0.3) is 0 Å². The number of nitrogens with zero attached hydrogens (tertiary/aromatic N) is 3. The lowest BCUT2D eigenvalue weighted by atomic mass is 9.97. The van der Waals surface area contributed by atoms with Crippen molar-refractivity contribution in [3.8, 4) is 5.75 Å². The number of anilines is 1. The van der Waals surface area contributed by atoms with Gasteiger partial charge in [-0.1, -0.05) is 6.58 Å². The number of hydrogen-bond acceptors (Lipinski definition) is 6. The number of hydrogen-bond donors (Lipinski definition) is 3. The molecule has 0 saturated carbocycles. The van der Waals surface area contributed by atoms with Gasteiger partial charge in [-0.05, 0) is 32.0 Å². The first-order valence-electron chi connectivity index (χ1n) is 9.00. The number of aliphatic hydroxyl groups excluding tert-OH is 1. The van der Waals surface area contributed by atoms with Gasteiger partial charge in [0.05, 0.1) is 17.8 Å². The Labute approximate surface area is 161 Å². The summed E-state index contributed by atoms with van der Waals surface area (Å²) in [5.74, 6) is 0.806. The Morgan fingerprint density at radius 1 is 1.54 bits per heavy atom. The summed E-state index contributed by atoms with van der Waals surface area (Å²) in [6.45, 7) is 7.70. The van der Waals surface area contributed by atoms with E-state index in [9.17, 15) is 9.50 Å². The van der Waals surface area contributed by atoms with E-state index >= 15 is 0 Å². The quantitative estimate of drug-likeness (QED) is 0.585. The van der Waals surface area contributed by atoms with Crippen LogP contribution in [0.1, 0.15) is 36.6 Å². The molecule has 3 heterocycles. The Hall–Kier alpha value is -3.13. The highest BCUT2D eigenvalue weighted by atomic mass is 19.1. The van der Waals surface area contributed by atoms with Crippen LogP contribution in [0.15, 0.2) is 37.2 Å². The number of aromatic nitrogens is 3. The van der Waals surface area contributed by atoms with Crippen LogP contribution in [0.4, 0.5) is 10.2 Å². The van der Waals surface area contributed by atoms with Gasteiger partial charge >= 0.3 is 0 Å². The fourth-order valence-electron chi connectivity index (χ4n) is 3.50. The van der Waals surface area contributed by atoms with Gasteiger partial charge in [-0.15, -0.1) is 0 Å². The molecule has 0 unspecified atom stereocenters. The third-order valence-electron chi connectivity index (χ3n) is 5.01. The van der Waals surface area contributed by atoms with Gasteiger partial charge < -0.3 is 20.9 Å². The lowest BCUT2D eigenvalue weighted by Crippen LogP contribution is -2.39. The second kappa shape index (κ2) is 6.49. The van der Waals surface area contributed by atoms with E-state index in [-0.39, 0.29) is 17.6 Å². The van der Waals surface area contributed by atoms with Crippen molar-refractivity contribution in [2.75, 3.05) is 11.9 Å². The number of rotatable bonds is 5. The van der Waals surface area contributed by atoms with E-state index in [1.807, 2.05) is 13.8 Å². The molecule has 0 aliphatic carbocycles. The van der Waals surface area contributed by atoms with Crippen LogP contribution in [0, 0.1) is 5.82 Å². The summed E-state index contributed by atoms with van der Waals surface area (Å²) in [5.41, 5.74) is 7.74. The number of nitrogens with two attached hydrogens (primary N) is 1. The van der Waals surface area contributed by atoms with E-state index in [2.05, 4.69) is 22.0 Å². The molecule has 8 heteroatoms. The molecule has 0 spiro atoms. The van der Waals surface area contributed by atoms with E-state index in [1.54, 1.807) is 16.8 Å². The van der Waals surface area contributed by atoms with Crippen LogP contribution in [0.25, 0.3) is 11.4 Å². The molecule has 146 valence electrons. The standard InChI is InChI=1S/C20H22FN5O2/c1-11(15-7-14(21)6-13-8-20(3,10-22)28-18(13)15)24-17-4-5-26-19(25-17)16(9-23-26)12(2)27/h4-7,9,11,27H,2,8,10,22H2,1,3H3,(H,24,25)/t11-,20-/m1/s1. The Balaban J connectivity index is 1.67. The summed E-state index contributed by atoms with van der Waals surface area (Å²) >= 11 is 0. The molecule has 0 saturated heterocycles. The summed E-state index contributed by atoms with van der Waals surface area (Å²) in [6.07, 6.45) is 3.79. The van der Waals surface area contributed by atoms with E-state index in [1.165, 1.54) is 18.3 Å². The lowest BCUT2D eigenvalue weighted by molar-refractivity contribution is 0.124. The maximum atomic E-state index is 14.2. The number of ether oxygens (including phenoxy) is 1. The van der Waals surface area contributed by atoms with E-state index in [4.69, 9.17) is 10.5 Å². The number of fused-ring (bicyclic) bond motifs is 2. The van der Waals surface area contributed by atoms with Gasteiger partial charge in [-0.2, -0.15) is 5.10 Å². The molecule has 4 rings (SSSR count). The van der Waals surface area contributed by atoms with Crippen molar-refractivity contribution >= 4 is 17.2 Å². The monoisotopic (exact) mass is 383 g/mol. The molecule has 1 aliphatic heterocycles. The van der Waals surface area contributed by atoms with Crippen molar-refractivity contribution in [3.63, 3.8) is 0 Å². The average molecular weight is 383 g/mol. The zero-order valence-electron chi connectivity index (χ0n) is 15.7. The molecule has 2 aromatic heterocycles. The topological polar surface area (TPSA) is 97.7 Å². The normalized spacial score (nSPS) is 19.3. The molecule has 4 N–H and O–H groups in total. The van der Waals surface area contributed by atoms with Gasteiger partial charge in [0.2, 0.25) is 0 Å². The predicted molar refractivity (Wildman–Crippen MR) is 105 cm³/mol. The van der Waals surface area contributed by atoms with E-state index < -0.39 is 5.60 Å². The van der Waals surface area contributed by atoms with Crippen LogP contribution in [-0.2, 0) is 6.42 Å². The summed E-state index contributed by atoms with van der Waals surface area (Å²) in [6, 6.07) is 4.45. The summed E-state index contributed by atoms with van der Waals surface area (Å²) in [7, 11) is 0. The van der Waals surface area contributed by atoms with E-state index in [0.29, 0.717) is 41.3 Å². The van der Waals surface area contributed by atoms with Crippen LogP contribution >= 0.6 is 0 Å². The minimum Gasteiger partial charge on any atom is -0.508 e. The van der Waals surface area contributed by atoms with E-state index in [0.717, 1.165) is 5.56 Å². The first-order chi connectivity index (χ1) is 13.3. The Kier molecular flexibility index (Phi) is 4.23. The highest BCUT2D eigenvalue weighted by molar-refractivity contribution is 5.70. The maximum Gasteiger partial charge on any atom is 0.168 e. The minimum atomic E-state index is -0.532. The fourth-order valence-corrected chi connectivity index (χ4v) is 3.50. The van der Waals surface area contributed by atoms with Crippen molar-refractivity contribution in [2.45, 2.75) is 31.9 Å². The Bertz CT molecular complexity index is 1080. The molecule has 7 nitrogen and oxygen atoms in total. The smallest absolute Gasteiger partial charge is 0.168 e. The second-order valence-electron chi connectivity index (χ2n) is 7.37. The number of nitrogens with one attached hydrogen (secondary N) is 1. The first kappa shape index (κ1) is 18.2. The summed E-state index contributed by atoms with van der Waals surface area (Å²) < 4.78 is 21.8. The van der Waals surface area contributed by atoms with Crippen LogP contribution in [0.3, 0.4) is 0 Å². The lowest BCUT2D eigenvalue weighted by Gasteiger charge is -2.23. The summed E-state index contributed by atoms with van der Waals surface area (Å²) in [5, 5.41) is 17.1. The SMILES string of the molecule is C=C(O)c1cnn2ccc(N[C@H](C)c3cc(F)cc4c3O[C@@](C)(CN)C4)nc12. The molecule has 0 bridgehead atoms. The zero-order chi connectivity index (χ0) is 20.1. The van der Waals surface area contributed by atoms with Gasteiger partial charge in [-0.25, -0.2) is 13.9 Å². The minimum absolute atomic E-state index is 0.106. The average Bonchev–Trinajstić information content (AvgIpc) is 3.21. The van der Waals surface area contributed by atoms with Crippen molar-refractivity contribution in [1.29, 1.82) is 0 Å². The molecule has 2 atom stereocenters. The molecule has 3 aromatic rings. The molecule has 0 radical (unpaired) electrons. The molecular formula is C20H22FN5O2. The molecule has 0 amide bonds. The van der Waals surface area contributed by atoms with Crippen LogP contribution < -0.4 is 15.8 Å². The molecule has 1 aliphatic rings. The van der Waals surface area contributed by atoms with Gasteiger partial charge in [-0.3, -0.25) is 0 Å². The van der Waals surface area contributed by atoms with Gasteiger partial charge in [0, 0.05) is 30.3 Å². The predicted octanol–water partition coefficient (Wildman–Crippen LogP) is 3.22. The Morgan fingerprint density at radius 3 is 3.04 bits per heavy atom. The largest absolute Gasteiger partial charge is 0.508 e. The van der Waals surface area contributed by atoms with Crippen molar-refractivity contribution in [3.05, 3.63) is 59.7 Å². The Morgan fingerprint density at radius 2 is 2.32 bits per heavy atom. The van der Waals surface area contributed by atoms with Crippen molar-refractivity contribution in [1.82, 2.24) is 14.6 Å². The fraction of sp³-hybridized carbons (Fsp3) is 0.300. The highest BCUT2D eigenvalue weighted by Crippen LogP contribution is 2.41. The van der Waals surface area contributed by atoms with Crippen LogP contribution in [0.2, 0.25) is 0 Å². The first-order valence-corrected chi connectivity index (χ1v) is 9.00. The molecular weight excluding hydrogens is 361 g/mol. The highest BCUT2D eigenvalue weighted by Gasteiger charge is 2.36. The third-order valence-corrected chi connectivity index (χ3v) is 5.01. The van der Waals surface area contributed by atoms with Gasteiger partial charge in [0.15, 0.2) is 5.65 Å². The number of benzene rings is 1. The zero-order valence-corrected chi connectivity index (χ0v) is 15.7.